The highest BCUT2D eigenvalue weighted by atomic mass is 32.2. The number of aryl methyl sites for hydroxylation is 1. The fraction of sp³-hybridized carbons (Fsp3) is 0.111. The molecule has 0 aliphatic rings. The molecule has 0 aliphatic heterocycles. The summed E-state index contributed by atoms with van der Waals surface area (Å²) in [5, 5.41) is 0.941. The van der Waals surface area contributed by atoms with Crippen LogP contribution < -0.4 is 5.63 Å². The van der Waals surface area contributed by atoms with Crippen molar-refractivity contribution in [3.05, 3.63) is 70.1 Å². The number of fused-ring (bicyclic) bond motifs is 1. The van der Waals surface area contributed by atoms with Crippen molar-refractivity contribution in [3.63, 3.8) is 0 Å². The summed E-state index contributed by atoms with van der Waals surface area (Å²) in [6.07, 6.45) is 0. The number of carbonyl (C=O) groups excluding carboxylic acids is 1. The van der Waals surface area contributed by atoms with Crippen molar-refractivity contribution in [1.29, 1.82) is 0 Å². The Morgan fingerprint density at radius 3 is 2.36 bits per heavy atom. The van der Waals surface area contributed by atoms with Gasteiger partial charge in [-0.15, -0.1) is 0 Å². The van der Waals surface area contributed by atoms with Gasteiger partial charge in [0.25, 0.3) is 0 Å². The van der Waals surface area contributed by atoms with Crippen LogP contribution in [-0.2, 0) is 0 Å². The van der Waals surface area contributed by atoms with Gasteiger partial charge in [0.1, 0.15) is 5.58 Å². The summed E-state index contributed by atoms with van der Waals surface area (Å²) < 4.78 is 5.26. The molecule has 0 amide bonds. The quantitative estimate of drug-likeness (QED) is 0.529. The van der Waals surface area contributed by atoms with Crippen LogP contribution in [0.3, 0.4) is 0 Å². The highest BCUT2D eigenvalue weighted by molar-refractivity contribution is 7.99. The number of hydrogen-bond donors (Lipinski definition) is 0. The normalized spacial score (nSPS) is 10.8. The molecule has 0 radical (unpaired) electrons. The van der Waals surface area contributed by atoms with Gasteiger partial charge in [0, 0.05) is 26.8 Å². The molecule has 0 aliphatic carbocycles. The minimum Gasteiger partial charge on any atom is -0.423 e. The van der Waals surface area contributed by atoms with Gasteiger partial charge >= 0.3 is 5.63 Å². The number of Topliss-reactive ketones (excluding diaryl/α,β-unsaturated/α-hetero) is 1. The third-order valence-electron chi connectivity index (χ3n) is 3.42. The first-order valence-corrected chi connectivity index (χ1v) is 7.68. The summed E-state index contributed by atoms with van der Waals surface area (Å²) in [5.74, 6) is 0.0551. The largest absolute Gasteiger partial charge is 0.423 e. The van der Waals surface area contributed by atoms with Gasteiger partial charge < -0.3 is 4.42 Å². The molecule has 0 N–H and O–H groups in total. The van der Waals surface area contributed by atoms with Crippen molar-refractivity contribution in [1.82, 2.24) is 0 Å². The van der Waals surface area contributed by atoms with E-state index in [1.165, 1.54) is 6.07 Å². The molecule has 3 aromatic rings. The molecular formula is C18H14O3S. The topological polar surface area (TPSA) is 47.3 Å². The maximum atomic E-state index is 11.5. The van der Waals surface area contributed by atoms with E-state index < -0.39 is 0 Å². The Morgan fingerprint density at radius 1 is 1.00 bits per heavy atom. The van der Waals surface area contributed by atoms with Crippen LogP contribution in [0.15, 0.2) is 67.5 Å². The van der Waals surface area contributed by atoms with Gasteiger partial charge in [0.15, 0.2) is 5.78 Å². The Hall–Kier alpha value is -2.33. The lowest BCUT2D eigenvalue weighted by atomic mass is 10.1. The minimum atomic E-state index is -0.335. The molecule has 3 nitrogen and oxygen atoms in total. The number of benzene rings is 2. The molecule has 4 heteroatoms. The Morgan fingerprint density at radius 2 is 1.68 bits per heavy atom. The molecule has 0 spiro atoms. The predicted molar refractivity (Wildman–Crippen MR) is 87.8 cm³/mol. The zero-order valence-corrected chi connectivity index (χ0v) is 13.1. The highest BCUT2D eigenvalue weighted by Gasteiger charge is 2.05. The van der Waals surface area contributed by atoms with E-state index in [1.54, 1.807) is 18.7 Å². The van der Waals surface area contributed by atoms with Gasteiger partial charge in [-0.05, 0) is 49.7 Å². The monoisotopic (exact) mass is 310 g/mol. The van der Waals surface area contributed by atoms with E-state index in [0.29, 0.717) is 11.1 Å². The third-order valence-corrected chi connectivity index (χ3v) is 4.42. The predicted octanol–water partition coefficient (Wildman–Crippen LogP) is 4.46. The Balaban J connectivity index is 1.93. The number of ketones is 1. The SMILES string of the molecule is CC(=O)c1ccc(Sc2ccc3c(C)cc(=O)oc3c2)cc1. The molecule has 22 heavy (non-hydrogen) atoms. The second kappa shape index (κ2) is 5.81. The van der Waals surface area contributed by atoms with Gasteiger partial charge in [-0.3, -0.25) is 4.79 Å². The van der Waals surface area contributed by atoms with Crippen molar-refractivity contribution in [2.45, 2.75) is 23.6 Å². The van der Waals surface area contributed by atoms with Crippen LogP contribution in [-0.4, -0.2) is 5.78 Å². The van der Waals surface area contributed by atoms with Crippen molar-refractivity contribution in [2.75, 3.05) is 0 Å². The Bertz CT molecular complexity index is 908. The van der Waals surface area contributed by atoms with Gasteiger partial charge in [0.05, 0.1) is 0 Å². The molecular weight excluding hydrogens is 296 g/mol. The highest BCUT2D eigenvalue weighted by Crippen LogP contribution is 2.30. The van der Waals surface area contributed by atoms with Crippen LogP contribution in [0.25, 0.3) is 11.0 Å². The van der Waals surface area contributed by atoms with E-state index in [1.807, 2.05) is 49.4 Å². The van der Waals surface area contributed by atoms with E-state index in [-0.39, 0.29) is 11.4 Å². The fourth-order valence-electron chi connectivity index (χ4n) is 2.26. The molecule has 0 saturated carbocycles. The van der Waals surface area contributed by atoms with Crippen LogP contribution in [0.5, 0.6) is 0 Å². The zero-order valence-electron chi connectivity index (χ0n) is 12.3. The van der Waals surface area contributed by atoms with Crippen LogP contribution in [0, 0.1) is 6.92 Å². The molecule has 3 rings (SSSR count). The average molecular weight is 310 g/mol. The van der Waals surface area contributed by atoms with Crippen LogP contribution in [0.4, 0.5) is 0 Å². The van der Waals surface area contributed by atoms with E-state index in [4.69, 9.17) is 4.42 Å². The Kier molecular flexibility index (Phi) is 3.86. The summed E-state index contributed by atoms with van der Waals surface area (Å²) in [7, 11) is 0. The molecule has 110 valence electrons. The molecule has 0 fully saturated rings. The van der Waals surface area contributed by atoms with Crippen LogP contribution in [0.1, 0.15) is 22.8 Å². The summed E-state index contributed by atoms with van der Waals surface area (Å²) >= 11 is 1.56. The zero-order chi connectivity index (χ0) is 15.7. The average Bonchev–Trinajstić information content (AvgIpc) is 2.47. The maximum absolute atomic E-state index is 11.5. The van der Waals surface area contributed by atoms with Crippen molar-refractivity contribution < 1.29 is 9.21 Å². The summed E-state index contributed by atoms with van der Waals surface area (Å²) in [6, 6.07) is 14.8. The molecule has 0 saturated heterocycles. The van der Waals surface area contributed by atoms with E-state index in [9.17, 15) is 9.59 Å². The molecule has 0 bridgehead atoms. The minimum absolute atomic E-state index is 0.0551. The fourth-order valence-corrected chi connectivity index (χ4v) is 3.11. The number of rotatable bonds is 3. The molecule has 1 aromatic heterocycles. The van der Waals surface area contributed by atoms with E-state index in [2.05, 4.69) is 0 Å². The van der Waals surface area contributed by atoms with Crippen LogP contribution >= 0.6 is 11.8 Å². The van der Waals surface area contributed by atoms with Gasteiger partial charge in [-0.25, -0.2) is 4.79 Å². The molecule has 0 atom stereocenters. The van der Waals surface area contributed by atoms with Gasteiger partial charge in [-0.2, -0.15) is 0 Å². The Labute approximate surface area is 132 Å². The van der Waals surface area contributed by atoms with E-state index in [0.717, 1.165) is 20.7 Å². The molecule has 2 aromatic carbocycles. The second-order valence-electron chi connectivity index (χ2n) is 5.09. The standard InChI is InChI=1S/C18H14O3S/c1-11-9-18(20)21-17-10-15(7-8-16(11)17)22-14-5-3-13(4-6-14)12(2)19/h3-10H,1-2H3. The number of carbonyl (C=O) groups is 1. The summed E-state index contributed by atoms with van der Waals surface area (Å²) in [6.45, 7) is 3.45. The summed E-state index contributed by atoms with van der Waals surface area (Å²) in [4.78, 5) is 24.8. The van der Waals surface area contributed by atoms with Gasteiger partial charge in [0.2, 0.25) is 0 Å². The van der Waals surface area contributed by atoms with Crippen molar-refractivity contribution >= 4 is 28.5 Å². The lowest BCUT2D eigenvalue weighted by Gasteiger charge is -2.05. The van der Waals surface area contributed by atoms with Crippen molar-refractivity contribution in [3.8, 4) is 0 Å². The van der Waals surface area contributed by atoms with E-state index >= 15 is 0 Å². The number of hydrogen-bond acceptors (Lipinski definition) is 4. The first-order chi connectivity index (χ1) is 10.5. The third kappa shape index (κ3) is 2.97. The van der Waals surface area contributed by atoms with Crippen LogP contribution in [0.2, 0.25) is 0 Å². The lowest BCUT2D eigenvalue weighted by Crippen LogP contribution is -1.97. The molecule has 0 unspecified atom stereocenters. The van der Waals surface area contributed by atoms with Crippen molar-refractivity contribution in [2.24, 2.45) is 0 Å². The van der Waals surface area contributed by atoms with Gasteiger partial charge in [-0.1, -0.05) is 23.9 Å². The second-order valence-corrected chi connectivity index (χ2v) is 6.24. The maximum Gasteiger partial charge on any atom is 0.336 e. The molecule has 1 heterocycles. The first kappa shape index (κ1) is 14.6. The summed E-state index contributed by atoms with van der Waals surface area (Å²) in [5.41, 5.74) is 1.87. The first-order valence-electron chi connectivity index (χ1n) is 6.86. The lowest BCUT2D eigenvalue weighted by molar-refractivity contribution is 0.101. The smallest absolute Gasteiger partial charge is 0.336 e.